The van der Waals surface area contributed by atoms with Gasteiger partial charge >= 0.3 is 0 Å². The van der Waals surface area contributed by atoms with E-state index in [1.807, 2.05) is 53.1 Å². The quantitative estimate of drug-likeness (QED) is 0.148. The van der Waals surface area contributed by atoms with Crippen LogP contribution in [0.15, 0.2) is 53.3 Å². The van der Waals surface area contributed by atoms with Gasteiger partial charge in [-0.15, -0.1) is 0 Å². The Kier molecular flexibility index (Phi) is 13.1. The fourth-order valence-electron chi connectivity index (χ4n) is 4.87. The lowest BCUT2D eigenvalue weighted by Crippen LogP contribution is -2.24. The molecule has 1 aromatic heterocycles. The van der Waals surface area contributed by atoms with Gasteiger partial charge in [0.25, 0.3) is 5.56 Å². The first kappa shape index (κ1) is 29.6. The molecule has 0 aliphatic heterocycles. The van der Waals surface area contributed by atoms with Crippen molar-refractivity contribution < 1.29 is 14.2 Å². The van der Waals surface area contributed by atoms with Crippen LogP contribution in [0.4, 0.5) is 0 Å². The summed E-state index contributed by atoms with van der Waals surface area (Å²) in [5.74, 6) is 1.59. The number of unbranched alkanes of at least 4 members (excludes halogenated alkanes) is 10. The van der Waals surface area contributed by atoms with E-state index < -0.39 is 0 Å². The van der Waals surface area contributed by atoms with Crippen molar-refractivity contribution in [1.82, 2.24) is 4.57 Å². The predicted molar refractivity (Wildman–Crippen MR) is 158 cm³/mol. The minimum atomic E-state index is -0.117. The predicted octanol–water partition coefficient (Wildman–Crippen LogP) is 8.69. The van der Waals surface area contributed by atoms with Gasteiger partial charge in [0, 0.05) is 18.0 Å². The minimum Gasteiger partial charge on any atom is -0.492 e. The van der Waals surface area contributed by atoms with E-state index in [2.05, 4.69) is 13.8 Å². The fraction of sp³-hybridized carbons (Fsp3) is 0.545. The van der Waals surface area contributed by atoms with Crippen molar-refractivity contribution in [3.8, 4) is 17.2 Å². The molecule has 38 heavy (non-hydrogen) atoms. The molecule has 0 saturated heterocycles. The lowest BCUT2D eigenvalue weighted by molar-refractivity contribution is 0.279. The molecule has 3 rings (SSSR count). The summed E-state index contributed by atoms with van der Waals surface area (Å²) in [6, 6.07) is 16.0. The zero-order valence-corrected chi connectivity index (χ0v) is 23.8. The van der Waals surface area contributed by atoms with Crippen LogP contribution in [-0.2, 0) is 13.2 Å². The molecule has 5 nitrogen and oxygen atoms in total. The molecular formula is C33H47NO4. The van der Waals surface area contributed by atoms with Crippen LogP contribution in [0.3, 0.4) is 0 Å². The molecule has 0 N–H and O–H groups in total. The Morgan fingerprint density at radius 1 is 0.711 bits per heavy atom. The summed E-state index contributed by atoms with van der Waals surface area (Å²) in [6.07, 6.45) is 14.0. The number of ether oxygens (including phenoxy) is 3. The monoisotopic (exact) mass is 521 g/mol. The van der Waals surface area contributed by atoms with Gasteiger partial charge in [0.05, 0.1) is 19.2 Å². The second kappa shape index (κ2) is 16.8. The molecule has 0 fully saturated rings. The van der Waals surface area contributed by atoms with Gasteiger partial charge in [-0.2, -0.15) is 0 Å². The Labute approximate surface area is 229 Å². The molecule has 3 aromatic rings. The van der Waals surface area contributed by atoms with E-state index in [9.17, 15) is 4.79 Å². The Balaban J connectivity index is 1.83. The smallest absolute Gasteiger partial charge is 0.297 e. The van der Waals surface area contributed by atoms with Crippen molar-refractivity contribution in [1.29, 1.82) is 0 Å². The highest BCUT2D eigenvalue weighted by Gasteiger charge is 2.20. The molecule has 0 saturated carbocycles. The van der Waals surface area contributed by atoms with Crippen LogP contribution in [0.1, 0.15) is 96.5 Å². The maximum Gasteiger partial charge on any atom is 0.297 e. The largest absolute Gasteiger partial charge is 0.492 e. The Morgan fingerprint density at radius 3 is 2.05 bits per heavy atom. The summed E-state index contributed by atoms with van der Waals surface area (Å²) in [5.41, 5.74) is 1.82. The third kappa shape index (κ3) is 8.82. The normalized spacial score (nSPS) is 11.1. The summed E-state index contributed by atoms with van der Waals surface area (Å²) < 4.78 is 19.8. The highest BCUT2D eigenvalue weighted by molar-refractivity contribution is 5.89. The van der Waals surface area contributed by atoms with Gasteiger partial charge in [0.15, 0.2) is 5.75 Å². The molecule has 1 heterocycles. The maximum absolute atomic E-state index is 13.7. The molecule has 2 aromatic carbocycles. The minimum absolute atomic E-state index is 0.117. The molecule has 0 amide bonds. The fourth-order valence-corrected chi connectivity index (χ4v) is 4.87. The van der Waals surface area contributed by atoms with Gasteiger partial charge in [-0.25, -0.2) is 0 Å². The average molecular weight is 522 g/mol. The van der Waals surface area contributed by atoms with Crippen LogP contribution in [-0.4, -0.2) is 18.3 Å². The standard InChI is InChI=1S/C33H47NO4/c1-4-6-8-10-12-17-23-34-30-25-28(38-26-27-19-15-14-16-20-27)21-22-29(30)31(36-3)32(33(34)35)37-24-18-13-11-9-7-5-2/h14-16,19-22,25H,4-13,17-18,23-24,26H2,1-3H3. The SMILES string of the molecule is CCCCCCCCOc1c(OC)c2ccc(OCc3ccccc3)cc2n(CCCCCCCC)c1=O. The number of nitrogens with zero attached hydrogens (tertiary/aromatic N) is 1. The van der Waals surface area contributed by atoms with E-state index in [0.717, 1.165) is 47.9 Å². The van der Waals surface area contributed by atoms with Crippen LogP contribution in [0, 0.1) is 0 Å². The molecule has 0 bridgehead atoms. The lowest BCUT2D eigenvalue weighted by Gasteiger charge is -2.18. The highest BCUT2D eigenvalue weighted by atomic mass is 16.5. The van der Waals surface area contributed by atoms with E-state index in [0.29, 0.717) is 31.3 Å². The third-order valence-corrected chi connectivity index (χ3v) is 7.08. The van der Waals surface area contributed by atoms with Crippen molar-refractivity contribution in [3.05, 3.63) is 64.4 Å². The Bertz CT molecular complexity index is 1140. The number of methoxy groups -OCH3 is 1. The molecule has 0 radical (unpaired) electrons. The van der Waals surface area contributed by atoms with Crippen molar-refractivity contribution >= 4 is 10.9 Å². The zero-order valence-electron chi connectivity index (χ0n) is 23.8. The number of hydrogen-bond donors (Lipinski definition) is 0. The van der Waals surface area contributed by atoms with E-state index in [1.165, 1.54) is 51.4 Å². The van der Waals surface area contributed by atoms with Crippen LogP contribution >= 0.6 is 0 Å². The van der Waals surface area contributed by atoms with Crippen molar-refractivity contribution in [3.63, 3.8) is 0 Å². The summed E-state index contributed by atoms with van der Waals surface area (Å²) in [6.45, 7) is 6.11. The van der Waals surface area contributed by atoms with Gasteiger partial charge in [-0.05, 0) is 30.5 Å². The summed E-state index contributed by atoms with van der Waals surface area (Å²) >= 11 is 0. The lowest BCUT2D eigenvalue weighted by atomic mass is 10.1. The van der Waals surface area contributed by atoms with Gasteiger partial charge in [0.2, 0.25) is 5.75 Å². The van der Waals surface area contributed by atoms with Crippen molar-refractivity contribution in [2.75, 3.05) is 13.7 Å². The number of aryl methyl sites for hydroxylation is 1. The topological polar surface area (TPSA) is 49.7 Å². The third-order valence-electron chi connectivity index (χ3n) is 7.08. The van der Waals surface area contributed by atoms with Crippen LogP contribution < -0.4 is 19.8 Å². The van der Waals surface area contributed by atoms with Crippen molar-refractivity contribution in [2.24, 2.45) is 0 Å². The van der Waals surface area contributed by atoms with Gasteiger partial charge in [-0.3, -0.25) is 4.79 Å². The summed E-state index contributed by atoms with van der Waals surface area (Å²) in [5, 5.41) is 0.878. The second-order valence-corrected chi connectivity index (χ2v) is 10.2. The van der Waals surface area contributed by atoms with Gasteiger partial charge < -0.3 is 18.8 Å². The maximum atomic E-state index is 13.7. The van der Waals surface area contributed by atoms with Gasteiger partial charge in [-0.1, -0.05) is 108 Å². The van der Waals surface area contributed by atoms with E-state index >= 15 is 0 Å². The van der Waals surface area contributed by atoms with Crippen LogP contribution in [0.2, 0.25) is 0 Å². The number of rotatable bonds is 19. The first-order valence-corrected chi connectivity index (χ1v) is 14.7. The van der Waals surface area contributed by atoms with E-state index in [4.69, 9.17) is 14.2 Å². The highest BCUT2D eigenvalue weighted by Crippen LogP contribution is 2.35. The molecule has 0 unspecified atom stereocenters. The van der Waals surface area contributed by atoms with E-state index in [-0.39, 0.29) is 5.56 Å². The molecule has 0 spiro atoms. The Hall–Kier alpha value is -2.95. The average Bonchev–Trinajstić information content (AvgIpc) is 2.95. The molecular weight excluding hydrogens is 474 g/mol. The number of aromatic nitrogens is 1. The molecule has 0 atom stereocenters. The number of benzene rings is 2. The number of fused-ring (bicyclic) bond motifs is 1. The second-order valence-electron chi connectivity index (χ2n) is 10.2. The van der Waals surface area contributed by atoms with Crippen LogP contribution in [0.25, 0.3) is 10.9 Å². The number of pyridine rings is 1. The summed E-state index contributed by atoms with van der Waals surface area (Å²) in [7, 11) is 1.61. The summed E-state index contributed by atoms with van der Waals surface area (Å²) in [4.78, 5) is 13.7. The van der Waals surface area contributed by atoms with Crippen molar-refractivity contribution in [2.45, 2.75) is 104 Å². The molecule has 208 valence electrons. The first-order valence-electron chi connectivity index (χ1n) is 14.7. The Morgan fingerprint density at radius 2 is 1.37 bits per heavy atom. The van der Waals surface area contributed by atoms with Crippen LogP contribution in [0.5, 0.6) is 17.2 Å². The molecule has 0 aliphatic rings. The zero-order chi connectivity index (χ0) is 27.0. The van der Waals surface area contributed by atoms with E-state index in [1.54, 1.807) is 7.11 Å². The number of hydrogen-bond acceptors (Lipinski definition) is 4. The first-order chi connectivity index (χ1) is 18.7. The molecule has 5 heteroatoms. The molecule has 0 aliphatic carbocycles. The van der Waals surface area contributed by atoms with Gasteiger partial charge in [0.1, 0.15) is 12.4 Å².